The van der Waals surface area contributed by atoms with E-state index in [0.717, 1.165) is 5.56 Å². The summed E-state index contributed by atoms with van der Waals surface area (Å²) in [6.45, 7) is 3.80. The molecule has 1 saturated heterocycles. The standard InChI is InChI=1S/C14H18N2O3S/c1-3-19-12(18)10-11(17)14(2,13(20)16-15-10)9-7-5-4-6-8-9/h4-8,10-11,15,17H,3H2,1-2H3,(H,16,20). The van der Waals surface area contributed by atoms with Crippen LogP contribution in [-0.4, -0.2) is 34.8 Å². The molecule has 0 spiro atoms. The van der Waals surface area contributed by atoms with E-state index < -0.39 is 23.5 Å². The second-order valence-corrected chi connectivity index (χ2v) is 5.25. The molecule has 0 bridgehead atoms. The number of carbonyl (C=O) groups excluding carboxylic acids is 1. The van der Waals surface area contributed by atoms with Crippen LogP contribution in [0.1, 0.15) is 19.4 Å². The summed E-state index contributed by atoms with van der Waals surface area (Å²) in [5, 5.41) is 10.6. The second-order valence-electron chi connectivity index (χ2n) is 4.84. The fourth-order valence-corrected chi connectivity index (χ4v) is 2.62. The Bertz CT molecular complexity index is 508. The summed E-state index contributed by atoms with van der Waals surface area (Å²) >= 11 is 5.32. The summed E-state index contributed by atoms with van der Waals surface area (Å²) < 4.78 is 4.97. The molecule has 1 aromatic rings. The maximum absolute atomic E-state index is 11.9. The Morgan fingerprint density at radius 2 is 2.10 bits per heavy atom. The number of aliphatic hydroxyl groups is 1. The van der Waals surface area contributed by atoms with Crippen LogP contribution in [0.2, 0.25) is 0 Å². The number of thiocarbonyl (C=S) groups is 1. The highest BCUT2D eigenvalue weighted by molar-refractivity contribution is 7.80. The maximum Gasteiger partial charge on any atom is 0.327 e. The van der Waals surface area contributed by atoms with Gasteiger partial charge in [-0.25, -0.2) is 5.43 Å². The molecular weight excluding hydrogens is 276 g/mol. The smallest absolute Gasteiger partial charge is 0.327 e. The van der Waals surface area contributed by atoms with E-state index in [1.54, 1.807) is 6.92 Å². The van der Waals surface area contributed by atoms with Crippen LogP contribution in [0.3, 0.4) is 0 Å². The van der Waals surface area contributed by atoms with Crippen LogP contribution in [0.25, 0.3) is 0 Å². The molecular formula is C14H18N2O3S. The third kappa shape index (κ3) is 2.42. The molecule has 0 radical (unpaired) electrons. The summed E-state index contributed by atoms with van der Waals surface area (Å²) in [7, 11) is 0. The molecule has 0 aliphatic carbocycles. The number of rotatable bonds is 3. The molecule has 108 valence electrons. The zero-order valence-electron chi connectivity index (χ0n) is 11.4. The number of hydrogen-bond donors (Lipinski definition) is 3. The van der Waals surface area contributed by atoms with E-state index >= 15 is 0 Å². The minimum Gasteiger partial charge on any atom is -0.465 e. The Hall–Kier alpha value is -1.50. The molecule has 2 rings (SSSR count). The van der Waals surface area contributed by atoms with Crippen LogP contribution in [0.4, 0.5) is 0 Å². The van der Waals surface area contributed by atoms with E-state index in [1.165, 1.54) is 0 Å². The Balaban J connectivity index is 2.35. The van der Waals surface area contributed by atoms with Crippen molar-refractivity contribution in [2.24, 2.45) is 0 Å². The van der Waals surface area contributed by atoms with Crippen molar-refractivity contribution < 1.29 is 14.6 Å². The monoisotopic (exact) mass is 294 g/mol. The molecule has 3 unspecified atom stereocenters. The molecule has 1 fully saturated rings. The predicted molar refractivity (Wildman–Crippen MR) is 79.1 cm³/mol. The summed E-state index contributed by atoms with van der Waals surface area (Å²) in [5.41, 5.74) is 5.52. The molecule has 0 saturated carbocycles. The third-order valence-electron chi connectivity index (χ3n) is 3.63. The van der Waals surface area contributed by atoms with Gasteiger partial charge in [-0.2, -0.15) is 0 Å². The van der Waals surface area contributed by atoms with Crippen molar-refractivity contribution in [3.05, 3.63) is 35.9 Å². The van der Waals surface area contributed by atoms with Gasteiger partial charge >= 0.3 is 5.97 Å². The molecule has 1 heterocycles. The highest BCUT2D eigenvalue weighted by Crippen LogP contribution is 2.32. The minimum atomic E-state index is -1.02. The lowest BCUT2D eigenvalue weighted by Gasteiger charge is -2.43. The van der Waals surface area contributed by atoms with Crippen molar-refractivity contribution in [3.8, 4) is 0 Å². The molecule has 1 aromatic carbocycles. The van der Waals surface area contributed by atoms with Gasteiger partial charge in [0.05, 0.1) is 18.1 Å². The van der Waals surface area contributed by atoms with Gasteiger partial charge < -0.3 is 15.3 Å². The minimum absolute atomic E-state index is 0.260. The molecule has 6 heteroatoms. The second kappa shape index (κ2) is 5.87. The van der Waals surface area contributed by atoms with Gasteiger partial charge in [0.15, 0.2) is 6.04 Å². The number of hydrazine groups is 1. The maximum atomic E-state index is 11.9. The fourth-order valence-electron chi connectivity index (χ4n) is 2.33. The van der Waals surface area contributed by atoms with Crippen molar-refractivity contribution >= 4 is 23.2 Å². The zero-order chi connectivity index (χ0) is 14.8. The van der Waals surface area contributed by atoms with E-state index in [1.807, 2.05) is 37.3 Å². The Kier molecular flexibility index (Phi) is 4.37. The molecule has 3 N–H and O–H groups in total. The molecule has 20 heavy (non-hydrogen) atoms. The summed E-state index contributed by atoms with van der Waals surface area (Å²) in [6.07, 6.45) is -1.02. The topological polar surface area (TPSA) is 70.6 Å². The Morgan fingerprint density at radius 1 is 1.45 bits per heavy atom. The van der Waals surface area contributed by atoms with Gasteiger partial charge in [-0.3, -0.25) is 4.79 Å². The summed E-state index contributed by atoms with van der Waals surface area (Å²) in [5.74, 6) is -0.503. The quantitative estimate of drug-likeness (QED) is 0.562. The zero-order valence-corrected chi connectivity index (χ0v) is 12.2. The number of nitrogens with one attached hydrogen (secondary N) is 2. The van der Waals surface area contributed by atoms with E-state index in [9.17, 15) is 9.90 Å². The first-order chi connectivity index (χ1) is 9.51. The lowest BCUT2D eigenvalue weighted by Crippen LogP contribution is -2.69. The van der Waals surface area contributed by atoms with Gasteiger partial charge in [0, 0.05) is 0 Å². The van der Waals surface area contributed by atoms with Gasteiger partial charge in [0.1, 0.15) is 4.99 Å². The number of benzene rings is 1. The fraction of sp³-hybridized carbons (Fsp3) is 0.429. The van der Waals surface area contributed by atoms with E-state index in [-0.39, 0.29) is 6.61 Å². The van der Waals surface area contributed by atoms with Gasteiger partial charge in [-0.1, -0.05) is 42.5 Å². The van der Waals surface area contributed by atoms with Crippen LogP contribution < -0.4 is 10.9 Å². The van der Waals surface area contributed by atoms with Crippen molar-refractivity contribution in [3.63, 3.8) is 0 Å². The first-order valence-corrected chi connectivity index (χ1v) is 6.88. The van der Waals surface area contributed by atoms with Crippen molar-refractivity contribution in [2.75, 3.05) is 6.61 Å². The van der Waals surface area contributed by atoms with Crippen LogP contribution in [0.15, 0.2) is 30.3 Å². The van der Waals surface area contributed by atoms with E-state index in [2.05, 4.69) is 10.9 Å². The van der Waals surface area contributed by atoms with Crippen molar-refractivity contribution in [1.82, 2.24) is 10.9 Å². The molecule has 1 aliphatic heterocycles. The summed E-state index contributed by atoms with van der Waals surface area (Å²) in [6, 6.07) is 8.52. The van der Waals surface area contributed by atoms with Crippen LogP contribution in [0, 0.1) is 0 Å². The number of carbonyl (C=O) groups is 1. The van der Waals surface area contributed by atoms with E-state index in [4.69, 9.17) is 17.0 Å². The molecule has 5 nitrogen and oxygen atoms in total. The number of esters is 1. The third-order valence-corrected chi connectivity index (χ3v) is 4.16. The lowest BCUT2D eigenvalue weighted by atomic mass is 9.73. The normalized spacial score (nSPS) is 29.6. The largest absolute Gasteiger partial charge is 0.465 e. The van der Waals surface area contributed by atoms with Crippen molar-refractivity contribution in [2.45, 2.75) is 31.4 Å². The number of ether oxygens (including phenoxy) is 1. The highest BCUT2D eigenvalue weighted by atomic mass is 32.1. The Morgan fingerprint density at radius 3 is 2.70 bits per heavy atom. The van der Waals surface area contributed by atoms with Gasteiger partial charge in [0.2, 0.25) is 0 Å². The van der Waals surface area contributed by atoms with E-state index in [0.29, 0.717) is 4.99 Å². The predicted octanol–water partition coefficient (Wildman–Crippen LogP) is 0.672. The first kappa shape index (κ1) is 14.9. The first-order valence-electron chi connectivity index (χ1n) is 6.48. The van der Waals surface area contributed by atoms with Gasteiger partial charge in [-0.15, -0.1) is 0 Å². The SMILES string of the molecule is CCOC(=O)C1NNC(=S)C(C)(c2ccccc2)C1O. The molecule has 0 amide bonds. The average molecular weight is 294 g/mol. The van der Waals surface area contributed by atoms with Gasteiger partial charge in [0.25, 0.3) is 0 Å². The van der Waals surface area contributed by atoms with Crippen LogP contribution >= 0.6 is 12.2 Å². The number of aliphatic hydroxyl groups excluding tert-OH is 1. The Labute approximate surface area is 123 Å². The molecule has 1 aliphatic rings. The van der Waals surface area contributed by atoms with Crippen molar-refractivity contribution in [1.29, 1.82) is 0 Å². The van der Waals surface area contributed by atoms with Crippen LogP contribution in [-0.2, 0) is 14.9 Å². The molecule has 3 atom stereocenters. The molecule has 0 aromatic heterocycles. The van der Waals surface area contributed by atoms with Gasteiger partial charge in [-0.05, 0) is 19.4 Å². The summed E-state index contributed by atoms with van der Waals surface area (Å²) in [4.78, 5) is 12.3. The van der Waals surface area contributed by atoms with Crippen LogP contribution in [0.5, 0.6) is 0 Å². The average Bonchev–Trinajstić information content (AvgIpc) is 2.46. The number of hydrogen-bond acceptors (Lipinski definition) is 5. The lowest BCUT2D eigenvalue weighted by molar-refractivity contribution is -0.150. The highest BCUT2D eigenvalue weighted by Gasteiger charge is 2.49.